The molecule has 2 fully saturated rings. The Morgan fingerprint density at radius 3 is 2.59 bits per heavy atom. The van der Waals surface area contributed by atoms with E-state index in [1.165, 1.54) is 9.80 Å². The summed E-state index contributed by atoms with van der Waals surface area (Å²) in [4.78, 5) is 58.3. The number of nitrogens with zero attached hydrogens (tertiary/aromatic N) is 2. The third kappa shape index (κ3) is 5.10. The molecule has 4 aliphatic heterocycles. The van der Waals surface area contributed by atoms with Crippen LogP contribution in [0.1, 0.15) is 30.0 Å². The number of likely N-dealkylation sites (tertiary alicyclic amines) is 1. The van der Waals surface area contributed by atoms with Crippen molar-refractivity contribution in [3.8, 4) is 0 Å². The highest BCUT2D eigenvalue weighted by atomic mass is 35.5. The van der Waals surface area contributed by atoms with Crippen molar-refractivity contribution >= 4 is 41.0 Å². The summed E-state index contributed by atoms with van der Waals surface area (Å²) < 4.78 is 12.0. The molecule has 4 heterocycles. The Morgan fingerprint density at radius 2 is 1.84 bits per heavy atom. The molecule has 6 rings (SSSR count). The topological polar surface area (TPSA) is 125 Å². The molecule has 10 nitrogen and oxygen atoms in total. The number of anilines is 1. The maximum Gasteiger partial charge on any atom is 0.306 e. The first-order valence-electron chi connectivity index (χ1n) is 14.8. The Hall–Kier alpha value is -3.99. The summed E-state index contributed by atoms with van der Waals surface area (Å²) in [5, 5.41) is 13.3. The van der Waals surface area contributed by atoms with Crippen molar-refractivity contribution in [2.45, 2.75) is 43.6 Å². The number of amides is 3. The van der Waals surface area contributed by atoms with E-state index >= 15 is 0 Å². The number of aryl methyl sites for hydroxylation is 1. The Morgan fingerprint density at radius 1 is 1.05 bits per heavy atom. The lowest BCUT2D eigenvalue weighted by atomic mass is 9.74. The molecule has 44 heavy (non-hydrogen) atoms. The molecule has 0 unspecified atom stereocenters. The third-order valence-electron chi connectivity index (χ3n) is 8.88. The smallest absolute Gasteiger partial charge is 0.306 e. The second kappa shape index (κ2) is 12.2. The zero-order valence-corrected chi connectivity index (χ0v) is 25.0. The molecule has 0 aromatic heterocycles. The van der Waals surface area contributed by atoms with Crippen LogP contribution in [-0.2, 0) is 28.7 Å². The van der Waals surface area contributed by atoms with Crippen molar-refractivity contribution in [1.29, 1.82) is 0 Å². The van der Waals surface area contributed by atoms with Crippen LogP contribution >= 0.6 is 11.6 Å². The lowest BCUT2D eigenvalue weighted by molar-refractivity contribution is -0.145. The van der Waals surface area contributed by atoms with Crippen LogP contribution < -0.4 is 10.2 Å². The number of carbonyl (C=O) groups excluding carboxylic acids is 4. The Labute approximate surface area is 260 Å². The monoisotopic (exact) mass is 619 g/mol. The molecule has 5 bridgehead atoms. The highest BCUT2D eigenvalue weighted by molar-refractivity contribution is 6.34. The maximum absolute atomic E-state index is 14.7. The van der Waals surface area contributed by atoms with Crippen molar-refractivity contribution in [3.05, 3.63) is 89.0 Å². The van der Waals surface area contributed by atoms with Crippen LogP contribution in [-0.4, -0.2) is 77.7 Å². The number of allylic oxidation sites excluding steroid dienone is 1. The molecule has 4 aliphatic rings. The van der Waals surface area contributed by atoms with E-state index in [9.17, 15) is 24.3 Å². The van der Waals surface area contributed by atoms with E-state index in [1.54, 1.807) is 36.4 Å². The number of aliphatic hydroxyl groups excluding tert-OH is 1. The van der Waals surface area contributed by atoms with E-state index in [1.807, 2.05) is 43.3 Å². The minimum absolute atomic E-state index is 0.0898. The molecule has 2 aromatic rings. The van der Waals surface area contributed by atoms with E-state index in [0.717, 1.165) is 11.1 Å². The highest BCUT2D eigenvalue weighted by Gasteiger charge is 2.73. The zero-order chi connectivity index (χ0) is 31.0. The fourth-order valence-corrected chi connectivity index (χ4v) is 7.25. The van der Waals surface area contributed by atoms with Gasteiger partial charge in [0, 0.05) is 19.5 Å². The summed E-state index contributed by atoms with van der Waals surface area (Å²) in [6.07, 6.45) is 6.75. The summed E-state index contributed by atoms with van der Waals surface area (Å²) in [5.41, 5.74) is 0.542. The van der Waals surface area contributed by atoms with Crippen LogP contribution in [0.25, 0.3) is 0 Å². The Balaban J connectivity index is 1.44. The number of nitrogens with one attached hydrogen (secondary N) is 1. The highest BCUT2D eigenvalue weighted by Crippen LogP contribution is 2.55. The lowest BCUT2D eigenvalue weighted by Crippen LogP contribution is -2.56. The summed E-state index contributed by atoms with van der Waals surface area (Å²) in [6, 6.07) is 12.6. The number of para-hydroxylation sites is 1. The Kier molecular flexibility index (Phi) is 8.32. The summed E-state index contributed by atoms with van der Waals surface area (Å²) in [6.45, 7) is 1.36. The first-order chi connectivity index (χ1) is 21.3. The van der Waals surface area contributed by atoms with Gasteiger partial charge in [0.05, 0.1) is 41.3 Å². The molecule has 1 spiro atoms. The average molecular weight is 620 g/mol. The number of rotatable bonds is 4. The lowest BCUT2D eigenvalue weighted by Gasteiger charge is -2.36. The largest absolute Gasteiger partial charge is 0.463 e. The summed E-state index contributed by atoms with van der Waals surface area (Å²) in [7, 11) is 0. The van der Waals surface area contributed by atoms with Gasteiger partial charge in [0.1, 0.15) is 18.2 Å². The van der Waals surface area contributed by atoms with Crippen LogP contribution in [0.3, 0.4) is 0 Å². The number of fused-ring (bicyclic) bond motifs is 2. The molecule has 6 atom stereocenters. The molecule has 0 radical (unpaired) electrons. The van der Waals surface area contributed by atoms with E-state index in [-0.39, 0.29) is 32.7 Å². The van der Waals surface area contributed by atoms with Gasteiger partial charge >= 0.3 is 5.97 Å². The first-order valence-corrected chi connectivity index (χ1v) is 15.2. The minimum atomic E-state index is -1.42. The van der Waals surface area contributed by atoms with Crippen molar-refractivity contribution in [2.75, 3.05) is 31.2 Å². The number of aliphatic hydroxyl groups is 1. The van der Waals surface area contributed by atoms with Gasteiger partial charge in [0.2, 0.25) is 11.8 Å². The first kappa shape index (κ1) is 30.1. The van der Waals surface area contributed by atoms with Crippen molar-refractivity contribution < 1.29 is 33.8 Å². The van der Waals surface area contributed by atoms with Crippen LogP contribution in [0, 0.1) is 18.8 Å². The molecule has 2 N–H and O–H groups in total. The standard InChI is InChI=1S/C33H34ClN3O7/c1-20-9-8-12-22(34)28(20)36-16-7-3-6-13-25(39)43-19-23(21-10-4-2-5-11-21)35-30(40)26-24-14-15-33(44-24)27(26)31(41)37(17-18-38)29(33)32(36)42/h2-5,7-12,14-15,23-24,26-27,29,38H,6,13,16-19H2,1H3,(H,35,40)/b7-3-/t23-,24-,26+,27+,29-,33+/m0/s1. The van der Waals surface area contributed by atoms with Gasteiger partial charge in [-0.05, 0) is 30.5 Å². The van der Waals surface area contributed by atoms with E-state index in [0.29, 0.717) is 17.1 Å². The minimum Gasteiger partial charge on any atom is -0.463 e. The number of β-amino-alcohol motifs (C(OH)–C–C–N with tert-alkyl or cyclic N) is 1. The molecular formula is C33H34ClN3O7. The molecule has 0 aliphatic carbocycles. The second-order valence-electron chi connectivity index (χ2n) is 11.5. The van der Waals surface area contributed by atoms with Gasteiger partial charge in [0.15, 0.2) is 0 Å². The van der Waals surface area contributed by atoms with Gasteiger partial charge in [-0.15, -0.1) is 0 Å². The van der Waals surface area contributed by atoms with Crippen LogP contribution in [0.4, 0.5) is 5.69 Å². The number of halogens is 1. The molecule has 0 saturated carbocycles. The van der Waals surface area contributed by atoms with Gasteiger partial charge in [0.25, 0.3) is 5.91 Å². The summed E-state index contributed by atoms with van der Waals surface area (Å²) >= 11 is 6.65. The number of ether oxygens (including phenoxy) is 2. The van der Waals surface area contributed by atoms with Crippen LogP contribution in [0.5, 0.6) is 0 Å². The SMILES string of the molecule is Cc1cccc(Cl)c1N1C/C=C\CCC(=O)OC[C@@H](c2ccccc2)NC(=O)[C@@H]2[C@@H]3C=C[C@]4(O3)[C@H](C1=O)N(CCO)C(=O)[C@@H]24. The number of cyclic esters (lactones) is 1. The number of esters is 1. The van der Waals surface area contributed by atoms with Crippen molar-refractivity contribution in [1.82, 2.24) is 10.2 Å². The van der Waals surface area contributed by atoms with E-state index in [4.69, 9.17) is 21.1 Å². The maximum atomic E-state index is 14.7. The zero-order valence-electron chi connectivity index (χ0n) is 24.2. The van der Waals surface area contributed by atoms with Gasteiger partial charge in [-0.25, -0.2) is 0 Å². The molecule has 11 heteroatoms. The molecular weight excluding hydrogens is 586 g/mol. The third-order valence-corrected chi connectivity index (χ3v) is 9.18. The molecule has 230 valence electrons. The fourth-order valence-electron chi connectivity index (χ4n) is 6.92. The Bertz CT molecular complexity index is 1510. The second-order valence-corrected chi connectivity index (χ2v) is 11.9. The quantitative estimate of drug-likeness (QED) is 0.398. The molecule has 2 saturated heterocycles. The van der Waals surface area contributed by atoms with Crippen LogP contribution in [0.2, 0.25) is 5.02 Å². The normalized spacial score (nSPS) is 31.2. The predicted octanol–water partition coefficient (Wildman–Crippen LogP) is 2.88. The summed E-state index contributed by atoms with van der Waals surface area (Å²) in [5.74, 6) is -3.72. The van der Waals surface area contributed by atoms with Gasteiger partial charge in [-0.3, -0.25) is 19.2 Å². The van der Waals surface area contributed by atoms with E-state index in [2.05, 4.69) is 5.32 Å². The van der Waals surface area contributed by atoms with Crippen molar-refractivity contribution in [2.24, 2.45) is 11.8 Å². The number of carbonyl (C=O) groups is 4. The van der Waals surface area contributed by atoms with E-state index < -0.39 is 59.3 Å². The van der Waals surface area contributed by atoms with Gasteiger partial charge < -0.3 is 29.7 Å². The molecule has 3 amide bonds. The average Bonchev–Trinajstić information content (AvgIpc) is 3.65. The van der Waals surface area contributed by atoms with Crippen LogP contribution in [0.15, 0.2) is 72.8 Å². The predicted molar refractivity (Wildman–Crippen MR) is 162 cm³/mol. The van der Waals surface area contributed by atoms with Gasteiger partial charge in [-0.1, -0.05) is 78.4 Å². The number of hydrogen-bond donors (Lipinski definition) is 2. The van der Waals surface area contributed by atoms with Gasteiger partial charge in [-0.2, -0.15) is 0 Å². The fraction of sp³-hybridized carbons (Fsp3) is 0.394. The van der Waals surface area contributed by atoms with Crippen molar-refractivity contribution in [3.63, 3.8) is 0 Å². The number of benzene rings is 2. The number of hydrogen-bond acceptors (Lipinski definition) is 7. The molecule has 2 aromatic carbocycles.